The number of aromatic hydroxyl groups is 1. The lowest BCUT2D eigenvalue weighted by Gasteiger charge is -2.32. The maximum atomic E-state index is 12.7. The molecule has 1 fully saturated rings. The molecule has 1 heterocycles. The Bertz CT molecular complexity index is 720. The molecule has 1 aromatic heterocycles. The SMILES string of the molecule is Cc1cc(C(F)(F)F)cc(O)c1-c1ncc(NC2CC(O)C2)nn1. The molecule has 0 aliphatic heterocycles. The van der Waals surface area contributed by atoms with Crippen LogP contribution in [-0.2, 0) is 6.18 Å². The van der Waals surface area contributed by atoms with Gasteiger partial charge in [0.15, 0.2) is 11.6 Å². The van der Waals surface area contributed by atoms with Gasteiger partial charge in [0.05, 0.1) is 23.4 Å². The second-order valence-corrected chi connectivity index (χ2v) is 5.82. The molecule has 128 valence electrons. The molecule has 3 N–H and O–H groups in total. The highest BCUT2D eigenvalue weighted by Crippen LogP contribution is 2.37. The van der Waals surface area contributed by atoms with E-state index in [2.05, 4.69) is 20.5 Å². The Hall–Kier alpha value is -2.42. The number of halogens is 3. The number of phenolic OH excluding ortho intramolecular Hbond substituents is 1. The van der Waals surface area contributed by atoms with Gasteiger partial charge in [-0.2, -0.15) is 13.2 Å². The lowest BCUT2D eigenvalue weighted by atomic mass is 9.90. The zero-order chi connectivity index (χ0) is 17.5. The van der Waals surface area contributed by atoms with Gasteiger partial charge in [0, 0.05) is 6.04 Å². The van der Waals surface area contributed by atoms with Crippen LogP contribution in [0.15, 0.2) is 18.3 Å². The third kappa shape index (κ3) is 3.25. The molecule has 0 bridgehead atoms. The Labute approximate surface area is 135 Å². The molecular formula is C15H15F3N4O2. The first kappa shape index (κ1) is 16.4. The second-order valence-electron chi connectivity index (χ2n) is 5.82. The van der Waals surface area contributed by atoms with E-state index in [9.17, 15) is 23.4 Å². The molecule has 2 aromatic rings. The highest BCUT2D eigenvalue weighted by molar-refractivity contribution is 5.68. The van der Waals surface area contributed by atoms with Crippen LogP contribution in [0.3, 0.4) is 0 Å². The average molecular weight is 340 g/mol. The highest BCUT2D eigenvalue weighted by atomic mass is 19.4. The van der Waals surface area contributed by atoms with Gasteiger partial charge in [0.2, 0.25) is 0 Å². The zero-order valence-corrected chi connectivity index (χ0v) is 12.7. The lowest BCUT2D eigenvalue weighted by molar-refractivity contribution is -0.137. The molecule has 0 unspecified atom stereocenters. The molecule has 0 saturated heterocycles. The molecule has 1 aromatic carbocycles. The van der Waals surface area contributed by atoms with Crippen LogP contribution in [-0.4, -0.2) is 37.5 Å². The molecule has 9 heteroatoms. The van der Waals surface area contributed by atoms with Crippen molar-refractivity contribution in [1.29, 1.82) is 0 Å². The monoisotopic (exact) mass is 340 g/mol. The minimum atomic E-state index is -4.54. The standard InChI is InChI=1S/C15H15F3N4O2/c1-7-2-8(15(16,17)18)3-11(24)13(7)14-19-6-12(21-22-14)20-9-4-10(23)5-9/h2-3,6,9-10,23-24H,4-5H2,1H3,(H,20,21). The first-order valence-corrected chi connectivity index (χ1v) is 7.29. The fourth-order valence-electron chi connectivity index (χ4n) is 2.59. The molecule has 0 atom stereocenters. The highest BCUT2D eigenvalue weighted by Gasteiger charge is 2.32. The van der Waals surface area contributed by atoms with Crippen LogP contribution in [0, 0.1) is 6.92 Å². The van der Waals surface area contributed by atoms with Gasteiger partial charge >= 0.3 is 6.18 Å². The van der Waals surface area contributed by atoms with Gasteiger partial charge in [-0.1, -0.05) is 0 Å². The second kappa shape index (κ2) is 5.90. The molecular weight excluding hydrogens is 325 g/mol. The molecule has 3 rings (SSSR count). The van der Waals surface area contributed by atoms with E-state index in [1.54, 1.807) is 0 Å². The third-order valence-corrected chi connectivity index (χ3v) is 3.89. The fourth-order valence-corrected chi connectivity index (χ4v) is 2.59. The number of alkyl halides is 3. The number of aromatic nitrogens is 3. The third-order valence-electron chi connectivity index (χ3n) is 3.89. The van der Waals surface area contributed by atoms with Crippen LogP contribution in [0.5, 0.6) is 5.75 Å². The summed E-state index contributed by atoms with van der Waals surface area (Å²) in [6.45, 7) is 1.44. The summed E-state index contributed by atoms with van der Waals surface area (Å²) in [5, 5.41) is 30.0. The van der Waals surface area contributed by atoms with E-state index >= 15 is 0 Å². The Kier molecular flexibility index (Phi) is 4.04. The van der Waals surface area contributed by atoms with Crippen molar-refractivity contribution < 1.29 is 23.4 Å². The fraction of sp³-hybridized carbons (Fsp3) is 0.400. The van der Waals surface area contributed by atoms with Crippen LogP contribution in [0.25, 0.3) is 11.4 Å². The molecule has 24 heavy (non-hydrogen) atoms. The van der Waals surface area contributed by atoms with Crippen LogP contribution < -0.4 is 5.32 Å². The lowest BCUT2D eigenvalue weighted by Crippen LogP contribution is -2.39. The Morgan fingerprint density at radius 2 is 1.92 bits per heavy atom. The number of nitrogens with zero attached hydrogens (tertiary/aromatic N) is 3. The maximum absolute atomic E-state index is 12.7. The van der Waals surface area contributed by atoms with E-state index in [1.165, 1.54) is 13.1 Å². The Morgan fingerprint density at radius 3 is 2.42 bits per heavy atom. The number of phenols is 1. The van der Waals surface area contributed by atoms with Crippen LogP contribution in [0.4, 0.5) is 19.0 Å². The van der Waals surface area contributed by atoms with Crippen molar-refractivity contribution in [3.05, 3.63) is 29.5 Å². The predicted molar refractivity (Wildman–Crippen MR) is 79.3 cm³/mol. The van der Waals surface area contributed by atoms with Gasteiger partial charge in [-0.05, 0) is 37.5 Å². The summed E-state index contributed by atoms with van der Waals surface area (Å²) in [7, 11) is 0. The maximum Gasteiger partial charge on any atom is 0.416 e. The average Bonchev–Trinajstić information content (AvgIpc) is 2.45. The molecule has 6 nitrogen and oxygen atoms in total. The quantitative estimate of drug-likeness (QED) is 0.795. The van der Waals surface area contributed by atoms with Gasteiger partial charge in [-0.3, -0.25) is 0 Å². The Morgan fingerprint density at radius 1 is 1.21 bits per heavy atom. The van der Waals surface area contributed by atoms with Crippen LogP contribution >= 0.6 is 0 Å². The van der Waals surface area contributed by atoms with Crippen molar-refractivity contribution in [3.8, 4) is 17.1 Å². The molecule has 1 aliphatic rings. The number of rotatable bonds is 3. The summed E-state index contributed by atoms with van der Waals surface area (Å²) in [5.41, 5.74) is -0.621. The van der Waals surface area contributed by atoms with Crippen molar-refractivity contribution in [2.45, 2.75) is 38.1 Å². The largest absolute Gasteiger partial charge is 0.507 e. The number of anilines is 1. The number of aliphatic hydroxyl groups excluding tert-OH is 1. The van der Waals surface area contributed by atoms with Crippen molar-refractivity contribution >= 4 is 5.82 Å². The van der Waals surface area contributed by atoms with Crippen molar-refractivity contribution in [3.63, 3.8) is 0 Å². The van der Waals surface area contributed by atoms with E-state index in [4.69, 9.17) is 0 Å². The molecule has 1 saturated carbocycles. The molecule has 0 amide bonds. The molecule has 1 aliphatic carbocycles. The van der Waals surface area contributed by atoms with Gasteiger partial charge in [-0.25, -0.2) is 4.98 Å². The van der Waals surface area contributed by atoms with Gasteiger partial charge in [-0.15, -0.1) is 10.2 Å². The number of hydrogen-bond donors (Lipinski definition) is 3. The summed E-state index contributed by atoms with van der Waals surface area (Å²) in [6, 6.07) is 1.68. The predicted octanol–water partition coefficient (Wildman–Crippen LogP) is 2.51. The van der Waals surface area contributed by atoms with Crippen molar-refractivity contribution in [2.24, 2.45) is 0 Å². The van der Waals surface area contributed by atoms with Gasteiger partial charge in [0.25, 0.3) is 0 Å². The summed E-state index contributed by atoms with van der Waals surface area (Å²) in [6.07, 6.45) is -2.23. The molecule has 0 spiro atoms. The van der Waals surface area contributed by atoms with E-state index in [1.807, 2.05) is 0 Å². The molecule has 0 radical (unpaired) electrons. The number of hydrogen-bond acceptors (Lipinski definition) is 6. The number of nitrogens with one attached hydrogen (secondary N) is 1. The minimum Gasteiger partial charge on any atom is -0.507 e. The zero-order valence-electron chi connectivity index (χ0n) is 12.7. The van der Waals surface area contributed by atoms with Gasteiger partial charge in [0.1, 0.15) is 5.75 Å². The number of aliphatic hydroxyl groups is 1. The van der Waals surface area contributed by atoms with E-state index in [0.29, 0.717) is 24.7 Å². The summed E-state index contributed by atoms with van der Waals surface area (Å²) in [5.74, 6) is -0.107. The number of benzene rings is 1. The first-order chi connectivity index (χ1) is 11.2. The summed E-state index contributed by atoms with van der Waals surface area (Å²) >= 11 is 0. The number of aryl methyl sites for hydroxylation is 1. The minimum absolute atomic E-state index is 0.0397. The van der Waals surface area contributed by atoms with Crippen molar-refractivity contribution in [1.82, 2.24) is 15.2 Å². The topological polar surface area (TPSA) is 91.2 Å². The van der Waals surface area contributed by atoms with Crippen LogP contribution in [0.2, 0.25) is 0 Å². The van der Waals surface area contributed by atoms with Crippen molar-refractivity contribution in [2.75, 3.05) is 5.32 Å². The Balaban J connectivity index is 1.84. The normalized spacial score (nSPS) is 20.5. The van der Waals surface area contributed by atoms with E-state index in [-0.39, 0.29) is 29.1 Å². The first-order valence-electron chi connectivity index (χ1n) is 7.29. The van der Waals surface area contributed by atoms with Gasteiger partial charge < -0.3 is 15.5 Å². The smallest absolute Gasteiger partial charge is 0.416 e. The van der Waals surface area contributed by atoms with Crippen LogP contribution in [0.1, 0.15) is 24.0 Å². The summed E-state index contributed by atoms with van der Waals surface area (Å²) < 4.78 is 38.2. The summed E-state index contributed by atoms with van der Waals surface area (Å²) in [4.78, 5) is 4.05. The van der Waals surface area contributed by atoms with E-state index < -0.39 is 17.5 Å². The van der Waals surface area contributed by atoms with E-state index in [0.717, 1.165) is 6.07 Å².